The summed E-state index contributed by atoms with van der Waals surface area (Å²) in [6, 6.07) is 15.6. The minimum Gasteiger partial charge on any atom is -0.387 e. The van der Waals surface area contributed by atoms with Crippen LogP contribution < -0.4 is 11.5 Å². The molecule has 0 bridgehead atoms. The van der Waals surface area contributed by atoms with Crippen molar-refractivity contribution in [2.24, 2.45) is 11.5 Å². The molecule has 0 fully saturated rings. The van der Waals surface area contributed by atoms with Gasteiger partial charge in [0.05, 0.1) is 5.60 Å². The Labute approximate surface area is 130 Å². The van der Waals surface area contributed by atoms with Crippen LogP contribution in [0.1, 0.15) is 17.5 Å². The number of aryl methyl sites for hydroxylation is 1. The maximum Gasteiger partial charge on any atom is 0.123 e. The van der Waals surface area contributed by atoms with Gasteiger partial charge in [-0.15, -0.1) is 0 Å². The summed E-state index contributed by atoms with van der Waals surface area (Å²) >= 11 is 0. The molecule has 0 aliphatic heterocycles. The van der Waals surface area contributed by atoms with E-state index in [4.69, 9.17) is 11.5 Å². The van der Waals surface area contributed by atoms with Gasteiger partial charge in [-0.05, 0) is 42.5 Å². The highest BCUT2D eigenvalue weighted by atomic mass is 19.1. The normalized spacial score (nSPS) is 15.3. The number of benzene rings is 2. The molecule has 0 spiro atoms. The highest BCUT2D eigenvalue weighted by Gasteiger charge is 2.32. The van der Waals surface area contributed by atoms with Gasteiger partial charge in [0.15, 0.2) is 0 Å². The molecule has 0 saturated heterocycles. The van der Waals surface area contributed by atoms with Crippen LogP contribution >= 0.6 is 0 Å². The van der Waals surface area contributed by atoms with Gasteiger partial charge in [-0.3, -0.25) is 0 Å². The second-order valence-corrected chi connectivity index (χ2v) is 5.73. The van der Waals surface area contributed by atoms with Crippen LogP contribution in [0.4, 0.5) is 4.39 Å². The standard InChI is InChI=1S/C18H23FN2O/c19-16-8-6-14(7-9-16)10-11-18(22,13-20)17(21)12-15-4-2-1-3-5-15/h1-9,17,22H,10-13,20-21H2/t17-,18+/m0/s1. The first kappa shape index (κ1) is 16.6. The van der Waals surface area contributed by atoms with Crippen molar-refractivity contribution in [1.29, 1.82) is 0 Å². The fourth-order valence-corrected chi connectivity index (χ4v) is 2.51. The van der Waals surface area contributed by atoms with E-state index in [1.807, 2.05) is 30.3 Å². The molecule has 0 radical (unpaired) electrons. The van der Waals surface area contributed by atoms with Crippen LogP contribution in [-0.4, -0.2) is 23.3 Å². The summed E-state index contributed by atoms with van der Waals surface area (Å²) in [5.74, 6) is -0.265. The summed E-state index contributed by atoms with van der Waals surface area (Å²) in [4.78, 5) is 0. The molecule has 0 saturated carbocycles. The van der Waals surface area contributed by atoms with E-state index < -0.39 is 11.6 Å². The Bertz CT molecular complexity index is 573. The van der Waals surface area contributed by atoms with Gasteiger partial charge in [-0.25, -0.2) is 4.39 Å². The average molecular weight is 302 g/mol. The van der Waals surface area contributed by atoms with Crippen LogP contribution in [0, 0.1) is 5.82 Å². The molecule has 2 atom stereocenters. The highest BCUT2D eigenvalue weighted by Crippen LogP contribution is 2.20. The molecule has 0 heterocycles. The Balaban J connectivity index is 1.99. The lowest BCUT2D eigenvalue weighted by Crippen LogP contribution is -2.54. The van der Waals surface area contributed by atoms with E-state index in [0.29, 0.717) is 19.3 Å². The van der Waals surface area contributed by atoms with Crippen LogP contribution in [0.3, 0.4) is 0 Å². The quantitative estimate of drug-likeness (QED) is 0.732. The summed E-state index contributed by atoms with van der Waals surface area (Å²) in [6.45, 7) is 0.0994. The molecule has 118 valence electrons. The summed E-state index contributed by atoms with van der Waals surface area (Å²) < 4.78 is 12.9. The van der Waals surface area contributed by atoms with Crippen LogP contribution in [0.25, 0.3) is 0 Å². The van der Waals surface area contributed by atoms with E-state index >= 15 is 0 Å². The zero-order chi connectivity index (χ0) is 16.0. The van der Waals surface area contributed by atoms with Gasteiger partial charge in [0.1, 0.15) is 5.82 Å². The van der Waals surface area contributed by atoms with Gasteiger partial charge >= 0.3 is 0 Å². The summed E-state index contributed by atoms with van der Waals surface area (Å²) in [6.07, 6.45) is 1.62. The number of rotatable bonds is 7. The minimum atomic E-state index is -1.13. The second kappa shape index (κ2) is 7.49. The Morgan fingerprint density at radius 2 is 1.64 bits per heavy atom. The zero-order valence-corrected chi connectivity index (χ0v) is 12.6. The van der Waals surface area contributed by atoms with Crippen molar-refractivity contribution in [3.8, 4) is 0 Å². The number of hydrogen-bond acceptors (Lipinski definition) is 3. The van der Waals surface area contributed by atoms with E-state index in [2.05, 4.69) is 0 Å². The molecule has 0 unspecified atom stereocenters. The largest absolute Gasteiger partial charge is 0.387 e. The van der Waals surface area contributed by atoms with E-state index in [9.17, 15) is 9.50 Å². The average Bonchev–Trinajstić information content (AvgIpc) is 2.55. The monoisotopic (exact) mass is 302 g/mol. The third kappa shape index (κ3) is 4.37. The number of nitrogens with two attached hydrogens (primary N) is 2. The predicted octanol–water partition coefficient (Wildman–Crippen LogP) is 2.02. The maximum absolute atomic E-state index is 12.9. The van der Waals surface area contributed by atoms with Crippen molar-refractivity contribution in [3.05, 3.63) is 71.5 Å². The summed E-state index contributed by atoms with van der Waals surface area (Å²) in [5.41, 5.74) is 12.8. The Morgan fingerprint density at radius 1 is 1.00 bits per heavy atom. The Morgan fingerprint density at radius 3 is 2.23 bits per heavy atom. The first-order valence-corrected chi connectivity index (χ1v) is 7.50. The van der Waals surface area contributed by atoms with Crippen LogP contribution in [-0.2, 0) is 12.8 Å². The SMILES string of the molecule is NC[C@](O)(CCc1ccc(F)cc1)[C@@H](N)Cc1ccccc1. The highest BCUT2D eigenvalue weighted by molar-refractivity contribution is 5.19. The topological polar surface area (TPSA) is 72.3 Å². The third-order valence-corrected chi connectivity index (χ3v) is 4.10. The van der Waals surface area contributed by atoms with Crippen molar-refractivity contribution < 1.29 is 9.50 Å². The van der Waals surface area contributed by atoms with Gasteiger partial charge in [0.25, 0.3) is 0 Å². The summed E-state index contributed by atoms with van der Waals surface area (Å²) in [5, 5.41) is 10.7. The van der Waals surface area contributed by atoms with Gasteiger partial charge in [-0.2, -0.15) is 0 Å². The van der Waals surface area contributed by atoms with E-state index in [0.717, 1.165) is 11.1 Å². The van der Waals surface area contributed by atoms with E-state index in [1.54, 1.807) is 12.1 Å². The third-order valence-electron chi connectivity index (χ3n) is 4.10. The van der Waals surface area contributed by atoms with E-state index in [1.165, 1.54) is 12.1 Å². The molecule has 22 heavy (non-hydrogen) atoms. The first-order chi connectivity index (χ1) is 10.5. The van der Waals surface area contributed by atoms with Crippen LogP contribution in [0.2, 0.25) is 0 Å². The minimum absolute atomic E-state index is 0.0994. The van der Waals surface area contributed by atoms with Gasteiger partial charge in [0.2, 0.25) is 0 Å². The van der Waals surface area contributed by atoms with Crippen molar-refractivity contribution in [2.75, 3.05) is 6.54 Å². The molecule has 2 aromatic carbocycles. The molecule has 0 aromatic heterocycles. The molecule has 5 N–H and O–H groups in total. The lowest BCUT2D eigenvalue weighted by molar-refractivity contribution is 0.0146. The van der Waals surface area contributed by atoms with E-state index in [-0.39, 0.29) is 12.4 Å². The van der Waals surface area contributed by atoms with Crippen LogP contribution in [0.5, 0.6) is 0 Å². The molecular formula is C18H23FN2O. The van der Waals surface area contributed by atoms with Gasteiger partial charge < -0.3 is 16.6 Å². The Kier molecular flexibility index (Phi) is 5.66. The van der Waals surface area contributed by atoms with Crippen molar-refractivity contribution in [2.45, 2.75) is 30.9 Å². The summed E-state index contributed by atoms with van der Waals surface area (Å²) in [7, 11) is 0. The smallest absolute Gasteiger partial charge is 0.123 e. The molecule has 0 aliphatic rings. The number of aliphatic hydroxyl groups is 1. The Hall–Kier alpha value is -1.75. The van der Waals surface area contributed by atoms with Crippen molar-refractivity contribution in [1.82, 2.24) is 0 Å². The first-order valence-electron chi connectivity index (χ1n) is 7.50. The van der Waals surface area contributed by atoms with Gasteiger partial charge in [-0.1, -0.05) is 42.5 Å². The predicted molar refractivity (Wildman–Crippen MR) is 86.8 cm³/mol. The zero-order valence-electron chi connectivity index (χ0n) is 12.6. The molecular weight excluding hydrogens is 279 g/mol. The van der Waals surface area contributed by atoms with Crippen molar-refractivity contribution in [3.63, 3.8) is 0 Å². The second-order valence-electron chi connectivity index (χ2n) is 5.73. The lowest BCUT2D eigenvalue weighted by Gasteiger charge is -2.33. The maximum atomic E-state index is 12.9. The molecule has 3 nitrogen and oxygen atoms in total. The molecule has 0 aliphatic carbocycles. The van der Waals surface area contributed by atoms with Crippen LogP contribution in [0.15, 0.2) is 54.6 Å². The fourth-order valence-electron chi connectivity index (χ4n) is 2.51. The van der Waals surface area contributed by atoms with Crippen molar-refractivity contribution >= 4 is 0 Å². The van der Waals surface area contributed by atoms with Gasteiger partial charge in [0, 0.05) is 12.6 Å². The number of hydrogen-bond donors (Lipinski definition) is 3. The molecule has 2 aromatic rings. The molecule has 4 heteroatoms. The lowest BCUT2D eigenvalue weighted by atomic mass is 9.85. The molecule has 0 amide bonds. The number of halogens is 1. The fraction of sp³-hybridized carbons (Fsp3) is 0.333. The molecule has 2 rings (SSSR count).